The van der Waals surface area contributed by atoms with Crippen LogP contribution in [0, 0.1) is 18.7 Å². The Balaban J connectivity index is 1.53. The molecule has 9 heteroatoms. The molecular weight excluding hydrogens is 477 g/mol. The van der Waals surface area contributed by atoms with Crippen molar-refractivity contribution in [1.82, 2.24) is 24.0 Å². The predicted molar refractivity (Wildman–Crippen MR) is 138 cm³/mol. The van der Waals surface area contributed by atoms with Gasteiger partial charge in [0.25, 0.3) is 0 Å². The topological polar surface area (TPSA) is 71.3 Å². The summed E-state index contributed by atoms with van der Waals surface area (Å²) < 4.78 is 43.6. The van der Waals surface area contributed by atoms with Gasteiger partial charge in [-0.2, -0.15) is 9.40 Å². The summed E-state index contributed by atoms with van der Waals surface area (Å²) in [5, 5.41) is 5.51. The molecule has 0 unspecified atom stereocenters. The Hall–Kier alpha value is -3.14. The Morgan fingerprint density at radius 3 is 2.56 bits per heavy atom. The Morgan fingerprint density at radius 2 is 1.86 bits per heavy atom. The van der Waals surface area contributed by atoms with Crippen molar-refractivity contribution < 1.29 is 12.8 Å². The third kappa shape index (κ3) is 4.66. The van der Waals surface area contributed by atoms with Gasteiger partial charge in [-0.15, -0.1) is 0 Å². The van der Waals surface area contributed by atoms with Crippen LogP contribution in [0.15, 0.2) is 72.0 Å². The van der Waals surface area contributed by atoms with Gasteiger partial charge in [-0.05, 0) is 72.5 Å². The van der Waals surface area contributed by atoms with Gasteiger partial charge in [0, 0.05) is 50.0 Å². The van der Waals surface area contributed by atoms with Crippen LogP contribution in [0.25, 0.3) is 16.6 Å². The zero-order valence-electron chi connectivity index (χ0n) is 20.7. The molecule has 1 aliphatic rings. The minimum Gasteiger partial charge on any atom is -0.293 e. The fourth-order valence-corrected chi connectivity index (χ4v) is 6.39. The highest BCUT2D eigenvalue weighted by Crippen LogP contribution is 2.34. The van der Waals surface area contributed by atoms with Gasteiger partial charge in [-0.1, -0.05) is 13.8 Å². The molecular formula is C27H30FN5O2S. The number of aryl methyl sites for hydroxylation is 1. The molecule has 1 saturated heterocycles. The lowest BCUT2D eigenvalue weighted by molar-refractivity contribution is 0.105. The molecule has 0 N–H and O–H groups in total. The fourth-order valence-electron chi connectivity index (χ4n) is 4.99. The highest BCUT2D eigenvalue weighted by atomic mass is 32.2. The molecule has 7 nitrogen and oxygen atoms in total. The predicted octanol–water partition coefficient (Wildman–Crippen LogP) is 4.57. The highest BCUT2D eigenvalue weighted by Gasteiger charge is 2.36. The monoisotopic (exact) mass is 507 g/mol. The number of fused-ring (bicyclic) bond motifs is 1. The fraction of sp³-hybridized carbons (Fsp3) is 0.333. The van der Waals surface area contributed by atoms with Crippen molar-refractivity contribution in [2.75, 3.05) is 26.2 Å². The molecule has 5 rings (SSSR count). The lowest BCUT2D eigenvalue weighted by Crippen LogP contribution is -2.51. The average Bonchev–Trinajstić information content (AvgIpc) is 3.27. The minimum atomic E-state index is -3.65. The van der Waals surface area contributed by atoms with E-state index in [1.165, 1.54) is 18.3 Å². The summed E-state index contributed by atoms with van der Waals surface area (Å²) in [7, 11) is -3.65. The van der Waals surface area contributed by atoms with E-state index in [-0.39, 0.29) is 16.8 Å². The van der Waals surface area contributed by atoms with Gasteiger partial charge in [0.15, 0.2) is 0 Å². The van der Waals surface area contributed by atoms with E-state index in [0.717, 1.165) is 34.3 Å². The molecule has 2 aromatic heterocycles. The lowest BCUT2D eigenvalue weighted by atomic mass is 9.96. The number of sulfonamides is 1. The second-order valence-electron chi connectivity index (χ2n) is 9.76. The molecule has 2 aromatic carbocycles. The molecule has 1 atom stereocenters. The van der Waals surface area contributed by atoms with E-state index in [2.05, 4.69) is 47.9 Å². The summed E-state index contributed by atoms with van der Waals surface area (Å²) in [6.07, 6.45) is 4.79. The number of hydrogen-bond donors (Lipinski definition) is 0. The third-order valence-corrected chi connectivity index (χ3v) is 8.56. The van der Waals surface area contributed by atoms with Gasteiger partial charge in [-0.25, -0.2) is 17.5 Å². The van der Waals surface area contributed by atoms with Crippen LogP contribution >= 0.6 is 0 Å². The van der Waals surface area contributed by atoms with Crippen molar-refractivity contribution >= 4 is 20.9 Å². The normalized spacial score (nSPS) is 17.8. The van der Waals surface area contributed by atoms with E-state index in [1.54, 1.807) is 45.6 Å². The molecule has 36 heavy (non-hydrogen) atoms. The molecule has 0 spiro atoms. The molecule has 0 radical (unpaired) electrons. The van der Waals surface area contributed by atoms with Crippen LogP contribution in [0.3, 0.4) is 0 Å². The number of piperazine rings is 1. The van der Waals surface area contributed by atoms with Gasteiger partial charge in [-0.3, -0.25) is 9.88 Å². The van der Waals surface area contributed by atoms with Crippen molar-refractivity contribution in [3.8, 4) is 5.69 Å². The van der Waals surface area contributed by atoms with Gasteiger partial charge in [0.05, 0.1) is 17.4 Å². The summed E-state index contributed by atoms with van der Waals surface area (Å²) >= 11 is 0. The van der Waals surface area contributed by atoms with Crippen LogP contribution in [-0.4, -0.2) is 58.6 Å². The summed E-state index contributed by atoms with van der Waals surface area (Å²) in [6.45, 7) is 8.73. The van der Waals surface area contributed by atoms with Crippen LogP contribution in [0.1, 0.15) is 31.0 Å². The van der Waals surface area contributed by atoms with E-state index in [9.17, 15) is 12.8 Å². The molecule has 188 valence electrons. The maximum Gasteiger partial charge on any atom is 0.244 e. The molecule has 0 bridgehead atoms. The zero-order valence-corrected chi connectivity index (χ0v) is 21.5. The van der Waals surface area contributed by atoms with Crippen LogP contribution in [0.2, 0.25) is 0 Å². The number of benzene rings is 2. The number of pyridine rings is 1. The SMILES string of the molecule is Cc1cc2c(cnn2-c2ccc(F)cc2)cc1[C@H]1CN(S(=O)(=O)c2cccnc2)CCN1CC(C)C. The summed E-state index contributed by atoms with van der Waals surface area (Å²) in [6, 6.07) is 13.6. The van der Waals surface area contributed by atoms with Crippen molar-refractivity contribution in [3.05, 3.63) is 84.1 Å². The van der Waals surface area contributed by atoms with Gasteiger partial charge in [0.2, 0.25) is 10.0 Å². The Bertz CT molecular complexity index is 1470. The van der Waals surface area contributed by atoms with E-state index >= 15 is 0 Å². The van der Waals surface area contributed by atoms with Crippen molar-refractivity contribution in [3.63, 3.8) is 0 Å². The minimum absolute atomic E-state index is 0.0915. The second-order valence-corrected chi connectivity index (χ2v) is 11.7. The van der Waals surface area contributed by atoms with Crippen molar-refractivity contribution in [2.24, 2.45) is 5.92 Å². The van der Waals surface area contributed by atoms with Gasteiger partial charge >= 0.3 is 0 Å². The van der Waals surface area contributed by atoms with Crippen LogP contribution in [-0.2, 0) is 10.0 Å². The first-order valence-electron chi connectivity index (χ1n) is 12.1. The number of hydrogen-bond acceptors (Lipinski definition) is 5. The van der Waals surface area contributed by atoms with E-state index < -0.39 is 10.0 Å². The van der Waals surface area contributed by atoms with Gasteiger partial charge < -0.3 is 0 Å². The molecule has 0 aliphatic carbocycles. The maximum atomic E-state index is 13.4. The summed E-state index contributed by atoms with van der Waals surface area (Å²) in [4.78, 5) is 6.62. The standard InChI is InChI=1S/C27H30FN5O2S/c1-19(2)17-31-11-12-32(36(34,35)24-5-4-10-29-16-24)18-27(31)25-14-21-15-30-33(26(21)13-20(25)3)23-8-6-22(28)7-9-23/h4-10,13-16,19,27H,11-12,17-18H2,1-3H3/t27-/m1/s1. The first-order chi connectivity index (χ1) is 17.2. The highest BCUT2D eigenvalue weighted by molar-refractivity contribution is 7.89. The number of rotatable bonds is 6. The molecule has 0 amide bonds. The van der Waals surface area contributed by atoms with Crippen molar-refractivity contribution in [1.29, 1.82) is 0 Å². The second kappa shape index (κ2) is 9.72. The molecule has 4 aromatic rings. The van der Waals surface area contributed by atoms with Crippen LogP contribution < -0.4 is 0 Å². The van der Waals surface area contributed by atoms with E-state index in [1.807, 2.05) is 0 Å². The Morgan fingerprint density at radius 1 is 1.08 bits per heavy atom. The molecule has 1 fully saturated rings. The van der Waals surface area contributed by atoms with E-state index in [0.29, 0.717) is 25.6 Å². The smallest absolute Gasteiger partial charge is 0.244 e. The van der Waals surface area contributed by atoms with Crippen LogP contribution in [0.4, 0.5) is 4.39 Å². The average molecular weight is 508 g/mol. The molecule has 0 saturated carbocycles. The number of halogens is 1. The first kappa shape index (κ1) is 24.5. The number of nitrogens with zero attached hydrogens (tertiary/aromatic N) is 5. The van der Waals surface area contributed by atoms with Crippen LogP contribution in [0.5, 0.6) is 0 Å². The largest absolute Gasteiger partial charge is 0.293 e. The lowest BCUT2D eigenvalue weighted by Gasteiger charge is -2.42. The molecule has 1 aliphatic heterocycles. The van der Waals surface area contributed by atoms with Crippen molar-refractivity contribution in [2.45, 2.75) is 31.7 Å². The van der Waals surface area contributed by atoms with Gasteiger partial charge in [0.1, 0.15) is 10.7 Å². The Labute approximate surface area is 211 Å². The van der Waals surface area contributed by atoms with E-state index in [4.69, 9.17) is 0 Å². The third-order valence-electron chi connectivity index (χ3n) is 6.71. The Kier molecular flexibility index (Phi) is 6.63. The summed E-state index contributed by atoms with van der Waals surface area (Å²) in [5.74, 6) is 0.154. The molecule has 3 heterocycles. The zero-order chi connectivity index (χ0) is 25.4. The quantitative estimate of drug-likeness (QED) is 0.382. The summed E-state index contributed by atoms with van der Waals surface area (Å²) in [5.41, 5.74) is 3.86. The number of aromatic nitrogens is 3. The maximum absolute atomic E-state index is 13.4. The first-order valence-corrected chi connectivity index (χ1v) is 13.6.